The van der Waals surface area contributed by atoms with Gasteiger partial charge in [0.15, 0.2) is 0 Å². The topological polar surface area (TPSA) is 29.5 Å². The summed E-state index contributed by atoms with van der Waals surface area (Å²) in [6, 6.07) is 8.25. The molecule has 0 amide bonds. The van der Waals surface area contributed by atoms with Crippen LogP contribution in [0.25, 0.3) is 0 Å². The van der Waals surface area contributed by atoms with Crippen LogP contribution in [0.3, 0.4) is 0 Å². The number of hydrogen-bond donors (Lipinski definition) is 1. The molecule has 0 spiro atoms. The van der Waals surface area contributed by atoms with Gasteiger partial charge in [-0.05, 0) is 53.1 Å². The standard InChI is InChI=1S/C14H21IO2/c1-4-17-14(10(2)3)13(16)9-11-5-7-12(15)8-6-11/h5-8,10,13-14,16H,4,9H2,1-3H3. The highest BCUT2D eigenvalue weighted by Crippen LogP contribution is 2.16. The normalized spacial score (nSPS) is 14.9. The van der Waals surface area contributed by atoms with Crippen LogP contribution in [0, 0.1) is 9.49 Å². The van der Waals surface area contributed by atoms with Gasteiger partial charge in [0, 0.05) is 16.6 Å². The predicted octanol–water partition coefficient (Wildman–Crippen LogP) is 3.26. The summed E-state index contributed by atoms with van der Waals surface area (Å²) in [4.78, 5) is 0. The van der Waals surface area contributed by atoms with E-state index in [-0.39, 0.29) is 6.10 Å². The van der Waals surface area contributed by atoms with Gasteiger partial charge in [-0.25, -0.2) is 0 Å². The molecule has 0 aliphatic rings. The Labute approximate surface area is 118 Å². The minimum absolute atomic E-state index is 0.0840. The molecule has 0 bridgehead atoms. The lowest BCUT2D eigenvalue weighted by atomic mass is 9.96. The van der Waals surface area contributed by atoms with Crippen LogP contribution in [0.15, 0.2) is 24.3 Å². The van der Waals surface area contributed by atoms with Gasteiger partial charge >= 0.3 is 0 Å². The van der Waals surface area contributed by atoms with Gasteiger partial charge in [0.1, 0.15) is 0 Å². The maximum absolute atomic E-state index is 10.2. The Morgan fingerprint density at radius 3 is 2.29 bits per heavy atom. The quantitative estimate of drug-likeness (QED) is 0.800. The molecule has 0 aromatic heterocycles. The fourth-order valence-electron chi connectivity index (χ4n) is 1.92. The van der Waals surface area contributed by atoms with Crippen molar-refractivity contribution < 1.29 is 9.84 Å². The molecular formula is C14H21IO2. The molecule has 1 aromatic rings. The monoisotopic (exact) mass is 348 g/mol. The molecule has 0 aliphatic carbocycles. The van der Waals surface area contributed by atoms with E-state index < -0.39 is 6.10 Å². The van der Waals surface area contributed by atoms with E-state index in [1.54, 1.807) is 0 Å². The molecule has 0 radical (unpaired) electrons. The van der Waals surface area contributed by atoms with Gasteiger partial charge in [0.05, 0.1) is 12.2 Å². The maximum atomic E-state index is 10.2. The number of halogens is 1. The van der Waals surface area contributed by atoms with E-state index in [1.165, 1.54) is 3.57 Å². The largest absolute Gasteiger partial charge is 0.390 e. The average Bonchev–Trinajstić information content (AvgIpc) is 2.28. The van der Waals surface area contributed by atoms with Crippen molar-refractivity contribution in [3.05, 3.63) is 33.4 Å². The summed E-state index contributed by atoms with van der Waals surface area (Å²) in [5.74, 6) is 0.328. The minimum atomic E-state index is -0.435. The Balaban J connectivity index is 2.62. The van der Waals surface area contributed by atoms with Crippen LogP contribution in [-0.2, 0) is 11.2 Å². The third kappa shape index (κ3) is 4.94. The number of aliphatic hydroxyl groups excluding tert-OH is 1. The fourth-order valence-corrected chi connectivity index (χ4v) is 2.28. The molecular weight excluding hydrogens is 327 g/mol. The van der Waals surface area contributed by atoms with Gasteiger partial charge in [-0.3, -0.25) is 0 Å². The van der Waals surface area contributed by atoms with E-state index in [4.69, 9.17) is 4.74 Å². The maximum Gasteiger partial charge on any atom is 0.0859 e. The van der Waals surface area contributed by atoms with E-state index in [0.29, 0.717) is 18.9 Å². The molecule has 0 saturated heterocycles. The zero-order valence-corrected chi connectivity index (χ0v) is 12.8. The van der Waals surface area contributed by atoms with E-state index in [0.717, 1.165) is 5.56 Å². The van der Waals surface area contributed by atoms with Crippen LogP contribution in [0.1, 0.15) is 26.3 Å². The molecule has 2 atom stereocenters. The summed E-state index contributed by atoms with van der Waals surface area (Å²) >= 11 is 2.28. The number of benzene rings is 1. The Morgan fingerprint density at radius 1 is 1.24 bits per heavy atom. The molecule has 17 heavy (non-hydrogen) atoms. The van der Waals surface area contributed by atoms with Crippen molar-refractivity contribution in [2.75, 3.05) is 6.61 Å². The summed E-state index contributed by atoms with van der Waals surface area (Å²) < 4.78 is 6.82. The summed E-state index contributed by atoms with van der Waals surface area (Å²) in [6.45, 7) is 6.77. The van der Waals surface area contributed by atoms with E-state index >= 15 is 0 Å². The third-order valence-corrected chi connectivity index (χ3v) is 3.47. The molecule has 1 N–H and O–H groups in total. The number of rotatable bonds is 6. The summed E-state index contributed by atoms with van der Waals surface area (Å²) in [7, 11) is 0. The van der Waals surface area contributed by atoms with Gasteiger partial charge in [-0.1, -0.05) is 26.0 Å². The van der Waals surface area contributed by atoms with Gasteiger partial charge in [-0.2, -0.15) is 0 Å². The molecule has 0 heterocycles. The smallest absolute Gasteiger partial charge is 0.0859 e. The van der Waals surface area contributed by atoms with Gasteiger partial charge < -0.3 is 9.84 Å². The first-order valence-corrected chi connectivity index (χ1v) is 7.16. The summed E-state index contributed by atoms with van der Waals surface area (Å²) in [5.41, 5.74) is 1.16. The van der Waals surface area contributed by atoms with E-state index in [1.807, 2.05) is 6.92 Å². The van der Waals surface area contributed by atoms with Crippen molar-refractivity contribution in [3.63, 3.8) is 0 Å². The molecule has 2 unspecified atom stereocenters. The first-order valence-electron chi connectivity index (χ1n) is 6.08. The van der Waals surface area contributed by atoms with Crippen LogP contribution in [0.4, 0.5) is 0 Å². The highest BCUT2D eigenvalue weighted by molar-refractivity contribution is 14.1. The van der Waals surface area contributed by atoms with Crippen molar-refractivity contribution in [1.82, 2.24) is 0 Å². The molecule has 1 rings (SSSR count). The van der Waals surface area contributed by atoms with Crippen LogP contribution in [0.2, 0.25) is 0 Å². The van der Waals surface area contributed by atoms with Crippen molar-refractivity contribution in [1.29, 1.82) is 0 Å². The predicted molar refractivity (Wildman–Crippen MR) is 79.1 cm³/mol. The second-order valence-electron chi connectivity index (χ2n) is 4.56. The molecule has 1 aromatic carbocycles. The Hall–Kier alpha value is -0.130. The molecule has 2 nitrogen and oxygen atoms in total. The highest BCUT2D eigenvalue weighted by atomic mass is 127. The van der Waals surface area contributed by atoms with Crippen LogP contribution < -0.4 is 0 Å². The average molecular weight is 348 g/mol. The van der Waals surface area contributed by atoms with E-state index in [9.17, 15) is 5.11 Å². The first-order chi connectivity index (χ1) is 8.04. The van der Waals surface area contributed by atoms with Gasteiger partial charge in [-0.15, -0.1) is 0 Å². The van der Waals surface area contributed by atoms with Crippen molar-refractivity contribution >= 4 is 22.6 Å². The molecule has 0 saturated carbocycles. The summed E-state index contributed by atoms with van der Waals surface area (Å²) in [5, 5.41) is 10.2. The van der Waals surface area contributed by atoms with Crippen LogP contribution in [0.5, 0.6) is 0 Å². The number of ether oxygens (including phenoxy) is 1. The third-order valence-electron chi connectivity index (χ3n) is 2.75. The molecule has 0 aliphatic heterocycles. The van der Waals surface area contributed by atoms with Crippen molar-refractivity contribution in [3.8, 4) is 0 Å². The van der Waals surface area contributed by atoms with Crippen LogP contribution >= 0.6 is 22.6 Å². The second kappa shape index (κ2) is 7.34. The zero-order chi connectivity index (χ0) is 12.8. The molecule has 3 heteroatoms. The Kier molecular flexibility index (Phi) is 6.44. The highest BCUT2D eigenvalue weighted by Gasteiger charge is 2.23. The second-order valence-corrected chi connectivity index (χ2v) is 5.81. The molecule has 96 valence electrons. The number of aliphatic hydroxyl groups is 1. The fraction of sp³-hybridized carbons (Fsp3) is 0.571. The first kappa shape index (κ1) is 14.9. The molecule has 0 fully saturated rings. The Bertz CT molecular complexity index is 321. The van der Waals surface area contributed by atoms with Crippen molar-refractivity contribution in [2.45, 2.75) is 39.4 Å². The van der Waals surface area contributed by atoms with Gasteiger partial charge in [0.25, 0.3) is 0 Å². The lowest BCUT2D eigenvalue weighted by Gasteiger charge is -2.26. The van der Waals surface area contributed by atoms with E-state index in [2.05, 4.69) is 60.7 Å². The lowest BCUT2D eigenvalue weighted by Crippen LogP contribution is -2.35. The Morgan fingerprint density at radius 2 is 1.82 bits per heavy atom. The zero-order valence-electron chi connectivity index (χ0n) is 10.7. The number of hydrogen-bond acceptors (Lipinski definition) is 2. The summed E-state index contributed by atoms with van der Waals surface area (Å²) in [6.07, 6.45) is 0.133. The minimum Gasteiger partial charge on any atom is -0.390 e. The van der Waals surface area contributed by atoms with Crippen LogP contribution in [-0.4, -0.2) is 23.9 Å². The lowest BCUT2D eigenvalue weighted by molar-refractivity contribution is -0.0562. The SMILES string of the molecule is CCOC(C(C)C)C(O)Cc1ccc(I)cc1. The van der Waals surface area contributed by atoms with Gasteiger partial charge in [0.2, 0.25) is 0 Å². The van der Waals surface area contributed by atoms with Crippen molar-refractivity contribution in [2.24, 2.45) is 5.92 Å².